The smallest absolute Gasteiger partial charge is 0.280 e. The van der Waals surface area contributed by atoms with Crippen molar-refractivity contribution in [2.45, 2.75) is 32.0 Å². The zero-order valence-electron chi connectivity index (χ0n) is 19.9. The quantitative estimate of drug-likeness (QED) is 0.294. The average Bonchev–Trinajstić information content (AvgIpc) is 3.26. The van der Waals surface area contributed by atoms with Gasteiger partial charge in [-0.2, -0.15) is 0 Å². The summed E-state index contributed by atoms with van der Waals surface area (Å²) in [5.74, 6) is -1.27. The lowest BCUT2D eigenvalue weighted by Gasteiger charge is -2.24. The third kappa shape index (κ3) is 6.63. The summed E-state index contributed by atoms with van der Waals surface area (Å²) < 4.78 is 33.6. The Balaban J connectivity index is 1.49. The number of ether oxygens (including phenoxy) is 1. The second-order valence-electron chi connectivity index (χ2n) is 8.60. The van der Waals surface area contributed by atoms with Gasteiger partial charge in [0.2, 0.25) is 0 Å². The van der Waals surface area contributed by atoms with E-state index in [4.69, 9.17) is 4.74 Å². The molecule has 9 heteroatoms. The molecule has 36 heavy (non-hydrogen) atoms. The fourth-order valence-corrected chi connectivity index (χ4v) is 4.85. The van der Waals surface area contributed by atoms with Gasteiger partial charge in [0.15, 0.2) is 5.01 Å². The van der Waals surface area contributed by atoms with Crippen molar-refractivity contribution in [3.8, 4) is 5.75 Å². The van der Waals surface area contributed by atoms with Crippen LogP contribution in [0.25, 0.3) is 10.2 Å². The van der Waals surface area contributed by atoms with Crippen LogP contribution in [0.1, 0.15) is 26.5 Å². The normalized spacial score (nSPS) is 12.9. The van der Waals surface area contributed by atoms with Gasteiger partial charge in [0.25, 0.3) is 5.91 Å². The summed E-state index contributed by atoms with van der Waals surface area (Å²) in [5.41, 5.74) is 3.15. The third-order valence-corrected chi connectivity index (χ3v) is 6.73. The molecule has 0 aliphatic rings. The number of nitrogens with zero attached hydrogens (tertiary/aromatic N) is 1. The summed E-state index contributed by atoms with van der Waals surface area (Å²) in [4.78, 5) is 17.4. The van der Waals surface area contributed by atoms with E-state index in [-0.39, 0.29) is 18.0 Å². The Morgan fingerprint density at radius 2 is 1.86 bits per heavy atom. The largest absolute Gasteiger partial charge is 0.497 e. The Morgan fingerprint density at radius 1 is 1.08 bits per heavy atom. The molecule has 0 saturated carbocycles. The highest BCUT2D eigenvalue weighted by molar-refractivity contribution is 7.20. The highest BCUT2D eigenvalue weighted by Crippen LogP contribution is 2.26. The number of halogens is 2. The van der Waals surface area contributed by atoms with Crippen molar-refractivity contribution >= 4 is 27.5 Å². The molecule has 0 fully saturated rings. The molecule has 0 bridgehead atoms. The SMILES string of the molecule is COc1ccc2nc(C(=O)N[C@@H](Cc3cc(F)cc(F)c3)[C@H](O)CNCc3cccc(C)c3)sc2c1. The van der Waals surface area contributed by atoms with Crippen LogP contribution in [0, 0.1) is 18.6 Å². The predicted octanol–water partition coefficient (Wildman–Crippen LogP) is 4.38. The number of carbonyl (C=O) groups excluding carboxylic acids is 1. The first-order valence-electron chi connectivity index (χ1n) is 11.5. The highest BCUT2D eigenvalue weighted by Gasteiger charge is 2.24. The minimum absolute atomic E-state index is 0.0342. The van der Waals surface area contributed by atoms with Gasteiger partial charge < -0.3 is 20.5 Å². The number of aliphatic hydroxyl groups excluding tert-OH is 1. The number of benzene rings is 3. The zero-order valence-corrected chi connectivity index (χ0v) is 20.7. The maximum absolute atomic E-state index is 13.8. The van der Waals surface area contributed by atoms with E-state index in [0.717, 1.165) is 21.9 Å². The monoisotopic (exact) mass is 511 g/mol. The van der Waals surface area contributed by atoms with Gasteiger partial charge in [-0.05, 0) is 54.8 Å². The van der Waals surface area contributed by atoms with Crippen LogP contribution in [0.4, 0.5) is 8.78 Å². The molecule has 6 nitrogen and oxygen atoms in total. The van der Waals surface area contributed by atoms with Gasteiger partial charge in [-0.25, -0.2) is 13.8 Å². The number of nitrogens with one attached hydrogen (secondary N) is 2. The molecule has 0 radical (unpaired) electrons. The van der Waals surface area contributed by atoms with Crippen LogP contribution < -0.4 is 15.4 Å². The topological polar surface area (TPSA) is 83.5 Å². The fourth-order valence-electron chi connectivity index (χ4n) is 3.95. The maximum Gasteiger partial charge on any atom is 0.280 e. The maximum atomic E-state index is 13.8. The van der Waals surface area contributed by atoms with Crippen molar-refractivity contribution in [1.29, 1.82) is 0 Å². The number of fused-ring (bicyclic) bond motifs is 1. The Morgan fingerprint density at radius 3 is 2.58 bits per heavy atom. The first kappa shape index (κ1) is 25.7. The van der Waals surface area contributed by atoms with E-state index in [9.17, 15) is 18.7 Å². The number of aromatic nitrogens is 1. The molecule has 0 saturated heterocycles. The van der Waals surface area contributed by atoms with Gasteiger partial charge in [0, 0.05) is 19.2 Å². The molecular weight excluding hydrogens is 484 g/mol. The van der Waals surface area contributed by atoms with Crippen molar-refractivity contribution in [2.24, 2.45) is 0 Å². The molecular formula is C27H27F2N3O3S. The van der Waals surface area contributed by atoms with Crippen LogP contribution in [0.3, 0.4) is 0 Å². The summed E-state index contributed by atoms with van der Waals surface area (Å²) in [7, 11) is 1.56. The van der Waals surface area contributed by atoms with E-state index in [2.05, 4.69) is 15.6 Å². The summed E-state index contributed by atoms with van der Waals surface area (Å²) in [5, 5.41) is 17.2. The van der Waals surface area contributed by atoms with E-state index in [1.807, 2.05) is 31.2 Å². The molecule has 0 spiro atoms. The Kier molecular flexibility index (Phi) is 8.25. The van der Waals surface area contributed by atoms with Gasteiger partial charge in [-0.3, -0.25) is 4.79 Å². The molecule has 1 heterocycles. The average molecular weight is 512 g/mol. The molecule has 4 rings (SSSR count). The van der Waals surface area contributed by atoms with Crippen LogP contribution in [-0.2, 0) is 13.0 Å². The van der Waals surface area contributed by atoms with Crippen molar-refractivity contribution in [3.63, 3.8) is 0 Å². The lowest BCUT2D eigenvalue weighted by atomic mass is 10.0. The number of aryl methyl sites for hydroxylation is 1. The number of hydrogen-bond donors (Lipinski definition) is 3. The minimum Gasteiger partial charge on any atom is -0.497 e. The fraction of sp³-hybridized carbons (Fsp3) is 0.259. The zero-order chi connectivity index (χ0) is 25.7. The second kappa shape index (κ2) is 11.6. The number of carbonyl (C=O) groups is 1. The molecule has 1 aromatic heterocycles. The molecule has 1 amide bonds. The lowest BCUT2D eigenvalue weighted by molar-refractivity contribution is 0.0829. The van der Waals surface area contributed by atoms with E-state index in [1.165, 1.54) is 23.5 Å². The Bertz CT molecular complexity index is 1340. The number of aliphatic hydroxyl groups is 1. The molecule has 0 aliphatic heterocycles. The van der Waals surface area contributed by atoms with Crippen LogP contribution >= 0.6 is 11.3 Å². The van der Waals surface area contributed by atoms with E-state index in [1.54, 1.807) is 25.3 Å². The van der Waals surface area contributed by atoms with Crippen LogP contribution in [0.2, 0.25) is 0 Å². The van der Waals surface area contributed by atoms with Gasteiger partial charge in [-0.1, -0.05) is 29.8 Å². The number of hydrogen-bond acceptors (Lipinski definition) is 6. The van der Waals surface area contributed by atoms with E-state index in [0.29, 0.717) is 23.4 Å². The van der Waals surface area contributed by atoms with Gasteiger partial charge in [0.1, 0.15) is 17.4 Å². The third-order valence-electron chi connectivity index (χ3n) is 5.71. The molecule has 188 valence electrons. The summed E-state index contributed by atoms with van der Waals surface area (Å²) >= 11 is 1.20. The van der Waals surface area contributed by atoms with Crippen LogP contribution in [-0.4, -0.2) is 41.8 Å². The van der Waals surface area contributed by atoms with Gasteiger partial charge >= 0.3 is 0 Å². The van der Waals surface area contributed by atoms with Crippen molar-refractivity contribution in [1.82, 2.24) is 15.6 Å². The van der Waals surface area contributed by atoms with E-state index >= 15 is 0 Å². The second-order valence-corrected chi connectivity index (χ2v) is 9.63. The predicted molar refractivity (Wildman–Crippen MR) is 136 cm³/mol. The summed E-state index contributed by atoms with van der Waals surface area (Å²) in [6.07, 6.45) is -0.994. The highest BCUT2D eigenvalue weighted by atomic mass is 32.1. The first-order chi connectivity index (χ1) is 17.3. The van der Waals surface area contributed by atoms with Crippen molar-refractivity contribution < 1.29 is 23.4 Å². The molecule has 4 aromatic rings. The summed E-state index contributed by atoms with van der Waals surface area (Å²) in [6, 6.07) is 15.6. The Labute approximate surface area is 212 Å². The molecule has 0 unspecified atom stereocenters. The lowest BCUT2D eigenvalue weighted by Crippen LogP contribution is -2.48. The van der Waals surface area contributed by atoms with Crippen molar-refractivity contribution in [2.75, 3.05) is 13.7 Å². The summed E-state index contributed by atoms with van der Waals surface area (Å²) in [6.45, 7) is 2.68. The van der Waals surface area contributed by atoms with Gasteiger partial charge in [0.05, 0.1) is 29.5 Å². The number of amides is 1. The number of rotatable bonds is 10. The molecule has 0 aliphatic carbocycles. The van der Waals surface area contributed by atoms with Gasteiger partial charge in [-0.15, -0.1) is 11.3 Å². The molecule has 2 atom stereocenters. The number of thiazole rings is 1. The van der Waals surface area contributed by atoms with Crippen LogP contribution in [0.15, 0.2) is 60.7 Å². The standard InChI is InChI=1S/C27H27F2N3O3S/c1-16-4-3-5-17(8-16)14-30-15-24(33)23(11-18-9-19(28)12-20(29)10-18)31-26(34)27-32-22-7-6-21(35-2)13-25(22)36-27/h3-10,12-13,23-24,30,33H,11,14-15H2,1-2H3,(H,31,34)/t23-,24+/m0/s1. The van der Waals surface area contributed by atoms with Crippen molar-refractivity contribution in [3.05, 3.63) is 94.0 Å². The van der Waals surface area contributed by atoms with Crippen LogP contribution in [0.5, 0.6) is 5.75 Å². The van der Waals surface area contributed by atoms with E-state index < -0.39 is 29.7 Å². The Hall–Kier alpha value is -3.40. The number of methoxy groups -OCH3 is 1. The molecule has 3 aromatic carbocycles. The molecule has 3 N–H and O–H groups in total. The minimum atomic E-state index is -1.03. The first-order valence-corrected chi connectivity index (χ1v) is 12.3.